The molecule has 0 spiro atoms. The van der Waals surface area contributed by atoms with Crippen molar-refractivity contribution in [2.24, 2.45) is 0 Å². The molecule has 2 heterocycles. The number of likely N-dealkylation sites (tertiary alicyclic amines) is 1. The van der Waals surface area contributed by atoms with Gasteiger partial charge in [0, 0.05) is 31.1 Å². The SMILES string of the molecule is COCCN1CCC[C@H](NC(=O)NCc2sc(C)nc2C)C1. The second-order valence-corrected chi connectivity index (χ2v) is 6.99. The molecule has 6 nitrogen and oxygen atoms in total. The molecule has 0 bridgehead atoms. The van der Waals surface area contributed by atoms with Crippen molar-refractivity contribution < 1.29 is 9.53 Å². The van der Waals surface area contributed by atoms with E-state index in [-0.39, 0.29) is 12.1 Å². The average molecular weight is 326 g/mol. The van der Waals surface area contributed by atoms with Crippen LogP contribution in [0.3, 0.4) is 0 Å². The third kappa shape index (κ3) is 5.23. The Labute approximate surface area is 136 Å². The standard InChI is InChI=1S/C15H26N4O2S/c1-11-14(22-12(2)17-11)9-16-15(20)18-13-5-4-6-19(10-13)7-8-21-3/h13H,4-10H2,1-3H3,(H2,16,18,20)/t13-/m0/s1. The van der Waals surface area contributed by atoms with E-state index >= 15 is 0 Å². The number of thiazole rings is 1. The van der Waals surface area contributed by atoms with Gasteiger partial charge in [-0.15, -0.1) is 11.3 Å². The van der Waals surface area contributed by atoms with E-state index in [0.29, 0.717) is 6.54 Å². The van der Waals surface area contributed by atoms with E-state index < -0.39 is 0 Å². The highest BCUT2D eigenvalue weighted by Crippen LogP contribution is 2.16. The number of rotatable bonds is 6. The van der Waals surface area contributed by atoms with Crippen molar-refractivity contribution in [2.45, 2.75) is 39.3 Å². The Balaban J connectivity index is 1.73. The van der Waals surface area contributed by atoms with Crippen LogP contribution in [0.5, 0.6) is 0 Å². The number of urea groups is 1. The normalized spacial score (nSPS) is 19.1. The van der Waals surface area contributed by atoms with Gasteiger partial charge >= 0.3 is 6.03 Å². The first kappa shape index (κ1) is 17.2. The molecular formula is C15H26N4O2S. The Morgan fingerprint density at radius 3 is 3.00 bits per heavy atom. The van der Waals surface area contributed by atoms with E-state index in [1.165, 1.54) is 0 Å². The van der Waals surface area contributed by atoms with Crippen LogP contribution in [0.1, 0.15) is 28.4 Å². The molecule has 1 aliphatic heterocycles. The van der Waals surface area contributed by atoms with Crippen molar-refractivity contribution in [3.05, 3.63) is 15.6 Å². The first-order chi connectivity index (χ1) is 10.6. The molecule has 124 valence electrons. The molecule has 22 heavy (non-hydrogen) atoms. The third-order valence-electron chi connectivity index (χ3n) is 3.86. The molecule has 1 fully saturated rings. The number of hydrogen-bond acceptors (Lipinski definition) is 5. The number of aromatic nitrogens is 1. The van der Waals surface area contributed by atoms with Gasteiger partial charge in [0.1, 0.15) is 0 Å². The number of carbonyl (C=O) groups excluding carboxylic acids is 1. The summed E-state index contributed by atoms with van der Waals surface area (Å²) in [7, 11) is 1.72. The fraction of sp³-hybridized carbons (Fsp3) is 0.733. The minimum absolute atomic E-state index is 0.0935. The lowest BCUT2D eigenvalue weighted by Gasteiger charge is -2.32. The average Bonchev–Trinajstić information content (AvgIpc) is 2.81. The zero-order valence-electron chi connectivity index (χ0n) is 13.6. The van der Waals surface area contributed by atoms with Crippen LogP contribution in [0.2, 0.25) is 0 Å². The first-order valence-corrected chi connectivity index (χ1v) is 8.58. The van der Waals surface area contributed by atoms with E-state index in [2.05, 4.69) is 20.5 Å². The van der Waals surface area contributed by atoms with Gasteiger partial charge in [-0.25, -0.2) is 9.78 Å². The topological polar surface area (TPSA) is 66.5 Å². The second-order valence-electron chi connectivity index (χ2n) is 5.70. The molecule has 1 saturated heterocycles. The zero-order valence-corrected chi connectivity index (χ0v) is 14.5. The van der Waals surface area contributed by atoms with Gasteiger partial charge in [0.15, 0.2) is 0 Å². The fourth-order valence-corrected chi connectivity index (χ4v) is 3.61. The van der Waals surface area contributed by atoms with Gasteiger partial charge in [-0.1, -0.05) is 0 Å². The molecule has 1 atom stereocenters. The van der Waals surface area contributed by atoms with Crippen LogP contribution in [0, 0.1) is 13.8 Å². The van der Waals surface area contributed by atoms with Gasteiger partial charge in [0.2, 0.25) is 0 Å². The highest BCUT2D eigenvalue weighted by Gasteiger charge is 2.21. The maximum atomic E-state index is 12.0. The Kier molecular flexibility index (Phi) is 6.60. The molecule has 2 rings (SSSR count). The van der Waals surface area contributed by atoms with Crippen LogP contribution >= 0.6 is 11.3 Å². The molecule has 0 radical (unpaired) electrons. The van der Waals surface area contributed by atoms with E-state index in [1.54, 1.807) is 18.4 Å². The summed E-state index contributed by atoms with van der Waals surface area (Å²) in [5.74, 6) is 0. The maximum Gasteiger partial charge on any atom is 0.315 e. The van der Waals surface area contributed by atoms with Crippen molar-refractivity contribution in [1.29, 1.82) is 0 Å². The smallest absolute Gasteiger partial charge is 0.315 e. The summed E-state index contributed by atoms with van der Waals surface area (Å²) >= 11 is 1.64. The number of ether oxygens (including phenoxy) is 1. The van der Waals surface area contributed by atoms with Crippen molar-refractivity contribution >= 4 is 17.4 Å². The highest BCUT2D eigenvalue weighted by molar-refractivity contribution is 7.11. The van der Waals surface area contributed by atoms with Gasteiger partial charge < -0.3 is 15.4 Å². The van der Waals surface area contributed by atoms with Crippen LogP contribution in [0.4, 0.5) is 4.79 Å². The van der Waals surface area contributed by atoms with Gasteiger partial charge in [-0.2, -0.15) is 0 Å². The number of hydrogen-bond donors (Lipinski definition) is 2. The maximum absolute atomic E-state index is 12.0. The van der Waals surface area contributed by atoms with Crippen LogP contribution < -0.4 is 10.6 Å². The summed E-state index contributed by atoms with van der Waals surface area (Å²) in [6.45, 7) is 8.16. The molecule has 1 aromatic heterocycles. The molecule has 1 aromatic rings. The quantitative estimate of drug-likeness (QED) is 0.834. The van der Waals surface area contributed by atoms with Crippen LogP contribution in [0.25, 0.3) is 0 Å². The lowest BCUT2D eigenvalue weighted by Crippen LogP contribution is -2.50. The molecule has 0 saturated carbocycles. The Bertz CT molecular complexity index is 492. The molecule has 0 unspecified atom stereocenters. The van der Waals surface area contributed by atoms with Crippen LogP contribution in [0.15, 0.2) is 0 Å². The minimum atomic E-state index is -0.0935. The lowest BCUT2D eigenvalue weighted by molar-refractivity contribution is 0.123. The predicted octanol–water partition coefficient (Wildman–Crippen LogP) is 1.67. The van der Waals surface area contributed by atoms with Gasteiger partial charge in [-0.05, 0) is 33.2 Å². The lowest BCUT2D eigenvalue weighted by atomic mass is 10.1. The van der Waals surface area contributed by atoms with Gasteiger partial charge in [0.25, 0.3) is 0 Å². The molecule has 0 aliphatic carbocycles. The molecule has 2 amide bonds. The van der Waals surface area contributed by atoms with Gasteiger partial charge in [-0.3, -0.25) is 4.90 Å². The number of methoxy groups -OCH3 is 1. The summed E-state index contributed by atoms with van der Waals surface area (Å²) in [6.07, 6.45) is 2.15. The summed E-state index contributed by atoms with van der Waals surface area (Å²) < 4.78 is 5.12. The summed E-state index contributed by atoms with van der Waals surface area (Å²) in [6, 6.07) is 0.124. The Morgan fingerprint density at radius 2 is 2.32 bits per heavy atom. The van der Waals surface area contributed by atoms with E-state index in [0.717, 1.165) is 54.7 Å². The van der Waals surface area contributed by atoms with Crippen molar-refractivity contribution in [2.75, 3.05) is 33.4 Å². The number of aryl methyl sites for hydroxylation is 2. The number of nitrogens with zero attached hydrogens (tertiary/aromatic N) is 2. The largest absolute Gasteiger partial charge is 0.383 e. The molecular weight excluding hydrogens is 300 g/mol. The first-order valence-electron chi connectivity index (χ1n) is 7.77. The van der Waals surface area contributed by atoms with Crippen molar-refractivity contribution in [1.82, 2.24) is 20.5 Å². The summed E-state index contributed by atoms with van der Waals surface area (Å²) in [4.78, 5) is 19.9. The summed E-state index contributed by atoms with van der Waals surface area (Å²) in [5, 5.41) is 7.05. The molecule has 2 N–H and O–H groups in total. The Morgan fingerprint density at radius 1 is 1.50 bits per heavy atom. The third-order valence-corrected chi connectivity index (χ3v) is 4.93. The van der Waals surface area contributed by atoms with E-state index in [4.69, 9.17) is 4.74 Å². The molecule has 0 aromatic carbocycles. The second kappa shape index (κ2) is 8.45. The van der Waals surface area contributed by atoms with Crippen LogP contribution in [-0.4, -0.2) is 55.3 Å². The fourth-order valence-electron chi connectivity index (χ4n) is 2.73. The number of carbonyl (C=O) groups is 1. The van der Waals surface area contributed by atoms with Crippen molar-refractivity contribution in [3.8, 4) is 0 Å². The number of piperidine rings is 1. The van der Waals surface area contributed by atoms with Crippen molar-refractivity contribution in [3.63, 3.8) is 0 Å². The van der Waals surface area contributed by atoms with Gasteiger partial charge in [0.05, 0.1) is 23.9 Å². The van der Waals surface area contributed by atoms with E-state index in [9.17, 15) is 4.79 Å². The molecule has 7 heteroatoms. The predicted molar refractivity (Wildman–Crippen MR) is 88.3 cm³/mol. The minimum Gasteiger partial charge on any atom is -0.383 e. The Hall–Kier alpha value is -1.18. The summed E-state index contributed by atoms with van der Waals surface area (Å²) in [5.41, 5.74) is 1.01. The number of nitrogens with one attached hydrogen (secondary N) is 2. The molecule has 1 aliphatic rings. The monoisotopic (exact) mass is 326 g/mol. The van der Waals surface area contributed by atoms with Crippen LogP contribution in [-0.2, 0) is 11.3 Å². The highest BCUT2D eigenvalue weighted by atomic mass is 32.1. The van der Waals surface area contributed by atoms with E-state index in [1.807, 2.05) is 13.8 Å². The number of amides is 2. The zero-order chi connectivity index (χ0) is 15.9.